The molecule has 0 atom stereocenters. The average Bonchev–Trinajstić information content (AvgIpc) is 1.97. The van der Waals surface area contributed by atoms with Gasteiger partial charge in [-0.05, 0) is 0 Å². The van der Waals surface area contributed by atoms with Crippen LogP contribution in [0.1, 0.15) is 6.92 Å². The molecule has 0 spiro atoms. The molecule has 0 N–H and O–H groups in total. The molecule has 0 saturated heterocycles. The van der Waals surface area contributed by atoms with E-state index in [-0.39, 0.29) is 5.91 Å². The van der Waals surface area contributed by atoms with E-state index in [0.717, 1.165) is 6.26 Å². The van der Waals surface area contributed by atoms with Gasteiger partial charge in [0.05, 0.1) is 6.26 Å². The third-order valence-corrected chi connectivity index (χ3v) is 3.17. The molecule has 0 rings (SSSR count). The molecule has 0 aliphatic rings. The molecule has 0 radical (unpaired) electrons. The summed E-state index contributed by atoms with van der Waals surface area (Å²) in [4.78, 5) is 12.2. The lowest BCUT2D eigenvalue weighted by Crippen LogP contribution is -2.35. The molecular formula is C7H16N2O3S. The van der Waals surface area contributed by atoms with Crippen LogP contribution in [0.25, 0.3) is 0 Å². The second kappa shape index (κ2) is 4.57. The standard InChI is InChI=1S/C7H16N2O3S/c1-7(10)8(2)5-6-9(3)13(4,11)12/h5-6H2,1-4H3. The minimum Gasteiger partial charge on any atom is -0.345 e. The molecule has 0 aliphatic carbocycles. The van der Waals surface area contributed by atoms with Gasteiger partial charge in [-0.3, -0.25) is 4.79 Å². The number of nitrogens with zero attached hydrogens (tertiary/aromatic N) is 2. The lowest BCUT2D eigenvalue weighted by atomic mass is 10.5. The highest BCUT2D eigenvalue weighted by molar-refractivity contribution is 7.88. The van der Waals surface area contributed by atoms with Gasteiger partial charge in [0.25, 0.3) is 0 Å². The van der Waals surface area contributed by atoms with Crippen molar-refractivity contribution in [2.45, 2.75) is 6.92 Å². The van der Waals surface area contributed by atoms with Crippen LogP contribution < -0.4 is 0 Å². The van der Waals surface area contributed by atoms with E-state index in [9.17, 15) is 13.2 Å². The van der Waals surface area contributed by atoms with Crippen molar-refractivity contribution in [3.63, 3.8) is 0 Å². The van der Waals surface area contributed by atoms with Gasteiger partial charge in [0.2, 0.25) is 15.9 Å². The first kappa shape index (κ1) is 12.4. The zero-order valence-electron chi connectivity index (χ0n) is 8.44. The molecule has 5 nitrogen and oxygen atoms in total. The number of amides is 1. The number of carbonyl (C=O) groups is 1. The molecule has 0 aromatic carbocycles. The van der Waals surface area contributed by atoms with Crippen molar-refractivity contribution >= 4 is 15.9 Å². The summed E-state index contributed by atoms with van der Waals surface area (Å²) >= 11 is 0. The van der Waals surface area contributed by atoms with E-state index in [1.807, 2.05) is 0 Å². The maximum Gasteiger partial charge on any atom is 0.219 e. The predicted octanol–water partition coefficient (Wildman–Crippen LogP) is -0.644. The zero-order valence-corrected chi connectivity index (χ0v) is 9.26. The normalized spacial score (nSPS) is 11.8. The molecule has 1 amide bonds. The van der Waals surface area contributed by atoms with Crippen LogP contribution in [0.2, 0.25) is 0 Å². The molecule has 13 heavy (non-hydrogen) atoms. The first-order valence-electron chi connectivity index (χ1n) is 3.88. The minimum atomic E-state index is -3.13. The van der Waals surface area contributed by atoms with E-state index in [0.29, 0.717) is 13.1 Å². The molecular weight excluding hydrogens is 192 g/mol. The van der Waals surface area contributed by atoms with Crippen molar-refractivity contribution in [2.75, 3.05) is 33.4 Å². The monoisotopic (exact) mass is 208 g/mol. The Morgan fingerprint density at radius 1 is 1.23 bits per heavy atom. The van der Waals surface area contributed by atoms with E-state index < -0.39 is 10.0 Å². The van der Waals surface area contributed by atoms with Gasteiger partial charge in [0.15, 0.2) is 0 Å². The van der Waals surface area contributed by atoms with Gasteiger partial charge in [-0.1, -0.05) is 0 Å². The van der Waals surface area contributed by atoms with Crippen molar-refractivity contribution in [3.8, 4) is 0 Å². The van der Waals surface area contributed by atoms with Gasteiger partial charge < -0.3 is 4.90 Å². The molecule has 0 heterocycles. The smallest absolute Gasteiger partial charge is 0.219 e. The van der Waals surface area contributed by atoms with Crippen molar-refractivity contribution in [1.29, 1.82) is 0 Å². The lowest BCUT2D eigenvalue weighted by Gasteiger charge is -2.19. The third kappa shape index (κ3) is 4.84. The largest absolute Gasteiger partial charge is 0.345 e. The highest BCUT2D eigenvalue weighted by Crippen LogP contribution is 1.93. The van der Waals surface area contributed by atoms with Gasteiger partial charge in [0.1, 0.15) is 0 Å². The van der Waals surface area contributed by atoms with Crippen LogP contribution in [-0.4, -0.2) is 57.0 Å². The summed E-state index contributed by atoms with van der Waals surface area (Å²) in [6, 6.07) is 0. The Balaban J connectivity index is 3.98. The fourth-order valence-electron chi connectivity index (χ4n) is 0.614. The molecule has 6 heteroatoms. The van der Waals surface area contributed by atoms with Crippen molar-refractivity contribution in [2.24, 2.45) is 0 Å². The summed E-state index contributed by atoms with van der Waals surface area (Å²) in [5, 5.41) is 0. The average molecular weight is 208 g/mol. The summed E-state index contributed by atoms with van der Waals surface area (Å²) in [5.74, 6) is -0.0677. The van der Waals surface area contributed by atoms with E-state index in [2.05, 4.69) is 0 Å². The summed E-state index contributed by atoms with van der Waals surface area (Å²) in [5.41, 5.74) is 0. The maximum atomic E-state index is 10.9. The second-order valence-corrected chi connectivity index (χ2v) is 5.11. The summed E-state index contributed by atoms with van der Waals surface area (Å²) < 4.78 is 23.1. The van der Waals surface area contributed by atoms with E-state index in [1.165, 1.54) is 23.2 Å². The van der Waals surface area contributed by atoms with Crippen molar-refractivity contribution in [1.82, 2.24) is 9.21 Å². The van der Waals surface area contributed by atoms with Crippen LogP contribution in [-0.2, 0) is 14.8 Å². The number of sulfonamides is 1. The number of carbonyl (C=O) groups excluding carboxylic acids is 1. The molecule has 78 valence electrons. The molecule has 0 aromatic rings. The van der Waals surface area contributed by atoms with Gasteiger partial charge in [-0.15, -0.1) is 0 Å². The number of likely N-dealkylation sites (N-methyl/N-ethyl adjacent to an activating group) is 2. The Bertz CT molecular complexity index is 273. The van der Waals surface area contributed by atoms with Crippen LogP contribution >= 0.6 is 0 Å². The Morgan fingerprint density at radius 2 is 1.69 bits per heavy atom. The highest BCUT2D eigenvalue weighted by atomic mass is 32.2. The second-order valence-electron chi connectivity index (χ2n) is 3.03. The Hall–Kier alpha value is -0.620. The minimum absolute atomic E-state index is 0.0677. The van der Waals surface area contributed by atoms with E-state index in [4.69, 9.17) is 0 Å². The molecule has 0 saturated carbocycles. The topological polar surface area (TPSA) is 57.7 Å². The lowest BCUT2D eigenvalue weighted by molar-refractivity contribution is -0.127. The van der Waals surface area contributed by atoms with Crippen LogP contribution in [0.5, 0.6) is 0 Å². The van der Waals surface area contributed by atoms with E-state index >= 15 is 0 Å². The summed E-state index contributed by atoms with van der Waals surface area (Å²) in [6.45, 7) is 2.19. The number of hydrogen-bond acceptors (Lipinski definition) is 3. The maximum absolute atomic E-state index is 10.9. The summed E-state index contributed by atoms with van der Waals surface area (Å²) in [6.07, 6.45) is 1.14. The molecule has 0 aromatic heterocycles. The Morgan fingerprint density at radius 3 is 2.00 bits per heavy atom. The SMILES string of the molecule is CC(=O)N(C)CCN(C)S(C)(=O)=O. The Labute approximate surface area is 79.4 Å². The quantitative estimate of drug-likeness (QED) is 0.617. The molecule has 0 unspecified atom stereocenters. The fourth-order valence-corrected chi connectivity index (χ4v) is 1.03. The van der Waals surface area contributed by atoms with Crippen molar-refractivity contribution in [3.05, 3.63) is 0 Å². The molecule has 0 fully saturated rings. The molecule has 0 aliphatic heterocycles. The first-order valence-corrected chi connectivity index (χ1v) is 5.73. The van der Waals surface area contributed by atoms with Crippen LogP contribution in [0.4, 0.5) is 0 Å². The fraction of sp³-hybridized carbons (Fsp3) is 0.857. The predicted molar refractivity (Wildman–Crippen MR) is 50.8 cm³/mol. The first-order chi connectivity index (χ1) is 5.75. The summed E-state index contributed by atoms with van der Waals surface area (Å²) in [7, 11) is -0.00208. The van der Waals surface area contributed by atoms with Gasteiger partial charge in [-0.2, -0.15) is 0 Å². The van der Waals surface area contributed by atoms with Gasteiger partial charge in [0, 0.05) is 34.1 Å². The van der Waals surface area contributed by atoms with Crippen LogP contribution in [0.15, 0.2) is 0 Å². The highest BCUT2D eigenvalue weighted by Gasteiger charge is 2.11. The van der Waals surface area contributed by atoms with Gasteiger partial charge in [-0.25, -0.2) is 12.7 Å². The number of hydrogen-bond donors (Lipinski definition) is 0. The van der Waals surface area contributed by atoms with Crippen LogP contribution in [0, 0.1) is 0 Å². The Kier molecular flexibility index (Phi) is 4.35. The van der Waals surface area contributed by atoms with E-state index in [1.54, 1.807) is 7.05 Å². The van der Waals surface area contributed by atoms with Crippen molar-refractivity contribution < 1.29 is 13.2 Å². The zero-order chi connectivity index (χ0) is 10.6. The van der Waals surface area contributed by atoms with Gasteiger partial charge >= 0.3 is 0 Å². The third-order valence-electron chi connectivity index (χ3n) is 1.85. The van der Waals surface area contributed by atoms with Crippen LogP contribution in [0.3, 0.4) is 0 Å². The molecule has 0 bridgehead atoms. The number of rotatable bonds is 4.